The zero-order valence-electron chi connectivity index (χ0n) is 30.3. The molecule has 8 nitrogen and oxygen atoms in total. The summed E-state index contributed by atoms with van der Waals surface area (Å²) in [7, 11) is 0. The summed E-state index contributed by atoms with van der Waals surface area (Å²) < 4.78 is 212. The summed E-state index contributed by atoms with van der Waals surface area (Å²) in [6.45, 7) is 7.55. The van der Waals surface area contributed by atoms with Crippen molar-refractivity contribution in [3.05, 3.63) is 153 Å². The van der Waals surface area contributed by atoms with Crippen LogP contribution in [0, 0.1) is 41.3 Å². The molecule has 2 aromatic heterocycles. The Morgan fingerprint density at radius 1 is 0.492 bits per heavy atom. The molecule has 6 aromatic rings. The molecule has 0 saturated heterocycles. The number of fused-ring (bicyclic) bond motifs is 2. The quantitative estimate of drug-likeness (QED) is 0.0741. The highest BCUT2D eigenvalue weighted by atomic mass is 19.4. The molecule has 4 aromatic carbocycles. The molecule has 0 spiro atoms. The zero-order valence-corrected chi connectivity index (χ0v) is 30.3. The minimum absolute atomic E-state index is 0.198. The van der Waals surface area contributed by atoms with E-state index in [9.17, 15) is 71.1 Å². The van der Waals surface area contributed by atoms with Gasteiger partial charge in [-0.05, 0) is 72.8 Å². The first-order valence-corrected chi connectivity index (χ1v) is 17.0. The third-order valence-corrected chi connectivity index (χ3v) is 9.14. The summed E-state index contributed by atoms with van der Waals surface area (Å²) in [4.78, 5) is 23.7. The van der Waals surface area contributed by atoms with E-state index in [1.165, 1.54) is 6.19 Å². The fourth-order valence-corrected chi connectivity index (χ4v) is 6.39. The van der Waals surface area contributed by atoms with Gasteiger partial charge in [-0.1, -0.05) is 0 Å². The van der Waals surface area contributed by atoms with Crippen LogP contribution in [-0.4, -0.2) is 31.4 Å². The highest BCUT2D eigenvalue weighted by Crippen LogP contribution is 2.43. The molecular formula is C40H13F15N8. The van der Waals surface area contributed by atoms with Gasteiger partial charge >= 0.3 is 18.5 Å². The molecule has 318 valence electrons. The maximum atomic E-state index is 14.5. The molecule has 0 amide bonds. The number of hydrogen-bond donors (Lipinski definition) is 0. The molecule has 0 bridgehead atoms. The van der Waals surface area contributed by atoms with Crippen molar-refractivity contribution in [3.63, 3.8) is 0 Å². The molecule has 2 heterocycles. The topological polar surface area (TPSA) is 104 Å². The molecule has 0 unspecified atom stereocenters. The second-order valence-corrected chi connectivity index (χ2v) is 13.0. The molecule has 1 aliphatic carbocycles. The van der Waals surface area contributed by atoms with E-state index in [-0.39, 0.29) is 18.2 Å². The first-order valence-electron chi connectivity index (χ1n) is 17.0. The van der Waals surface area contributed by atoms with E-state index >= 15 is 0 Å². The van der Waals surface area contributed by atoms with Gasteiger partial charge in [-0.25, -0.2) is 46.3 Å². The number of hydrogen-bond acceptors (Lipinski definition) is 7. The Hall–Kier alpha value is -7.69. The normalized spacial score (nSPS) is 14.1. The van der Waals surface area contributed by atoms with Gasteiger partial charge in [-0.2, -0.15) is 56.3 Å². The van der Waals surface area contributed by atoms with Gasteiger partial charge in [0, 0.05) is 22.3 Å². The molecule has 7 rings (SSSR count). The smallest absolute Gasteiger partial charge is 0.241 e. The summed E-state index contributed by atoms with van der Waals surface area (Å²) in [5, 5.41) is 13.5. The van der Waals surface area contributed by atoms with Gasteiger partial charge in [-0.15, -0.1) is 4.95 Å². The number of nitrogens with zero attached hydrogens (tertiary/aromatic N) is 8. The van der Waals surface area contributed by atoms with E-state index in [4.69, 9.17) is 6.57 Å². The second kappa shape index (κ2) is 15.6. The Balaban J connectivity index is 1.62. The van der Waals surface area contributed by atoms with Crippen molar-refractivity contribution in [2.24, 2.45) is 10.1 Å². The van der Waals surface area contributed by atoms with Crippen molar-refractivity contribution in [2.75, 3.05) is 0 Å². The minimum atomic E-state index is -5.37. The van der Waals surface area contributed by atoms with E-state index < -0.39 is 150 Å². The number of alkyl halides is 11. The maximum Gasteiger partial charge on any atom is 0.419 e. The van der Waals surface area contributed by atoms with Crippen LogP contribution < -0.4 is 0 Å². The van der Waals surface area contributed by atoms with Crippen LogP contribution in [0.25, 0.3) is 50.0 Å². The van der Waals surface area contributed by atoms with Crippen molar-refractivity contribution < 1.29 is 65.9 Å². The molecule has 63 heavy (non-hydrogen) atoms. The highest BCUT2D eigenvalue weighted by Gasteiger charge is 2.41. The number of halogens is 15. The average molecular weight is 891 g/mol. The van der Waals surface area contributed by atoms with Crippen molar-refractivity contribution in [1.82, 2.24) is 19.9 Å². The van der Waals surface area contributed by atoms with Crippen molar-refractivity contribution >= 4 is 11.4 Å². The Morgan fingerprint density at radius 2 is 0.810 bits per heavy atom. The molecule has 0 fully saturated rings. The number of nitriles is 1. The van der Waals surface area contributed by atoms with Crippen LogP contribution in [0.4, 0.5) is 65.9 Å². The minimum Gasteiger partial charge on any atom is -0.241 e. The van der Waals surface area contributed by atoms with Gasteiger partial charge in [0.1, 0.15) is 51.8 Å². The van der Waals surface area contributed by atoms with Gasteiger partial charge < -0.3 is 0 Å². The lowest BCUT2D eigenvalue weighted by molar-refractivity contribution is -0.140. The summed E-state index contributed by atoms with van der Waals surface area (Å²) in [6, 6.07) is 5.75. The summed E-state index contributed by atoms with van der Waals surface area (Å²) in [5.74, 6) is -6.82. The monoisotopic (exact) mass is 890 g/mol. The van der Waals surface area contributed by atoms with Crippen LogP contribution in [-0.2, 0) is 18.5 Å². The van der Waals surface area contributed by atoms with Crippen LogP contribution in [0.3, 0.4) is 0 Å². The van der Waals surface area contributed by atoms with Crippen LogP contribution in [0.5, 0.6) is 0 Å². The first-order chi connectivity index (χ1) is 29.5. The van der Waals surface area contributed by atoms with Crippen molar-refractivity contribution in [1.29, 1.82) is 5.26 Å². The second-order valence-electron chi connectivity index (χ2n) is 13.0. The molecule has 0 aliphatic heterocycles. The Bertz CT molecular complexity index is 3030. The van der Waals surface area contributed by atoms with Crippen LogP contribution in [0.1, 0.15) is 51.5 Å². The molecule has 23 heteroatoms. The molecule has 0 saturated carbocycles. The van der Waals surface area contributed by atoms with Crippen molar-refractivity contribution in [3.8, 4) is 51.2 Å². The standard InChI is InChI=1S/C40H13F15N8/c1-57-63-36-34-32(59-27(15-2-6-23(41)19(10-15)37(45)46)28(61-34)16-3-7-24(42)20(11-16)38(47,48)49)31(58-14-56)33-35(36)62-30(18-5-9-26(44)22(13-18)40(53,54)55)29(60-33)17-4-8-25(43)21(12-17)39(50,51)52/h2-13,37H/b58-31+,63-36-. The number of aromatic nitrogens is 4. The average Bonchev–Trinajstić information content (AvgIpc) is 3.20. The molecular weight excluding hydrogens is 877 g/mol. The molecule has 1 aliphatic rings. The van der Waals surface area contributed by atoms with Gasteiger partial charge in [-0.3, -0.25) is 0 Å². The fourth-order valence-electron chi connectivity index (χ4n) is 6.39. The van der Waals surface area contributed by atoms with E-state index in [2.05, 4.69) is 35.0 Å². The Kier molecular flexibility index (Phi) is 10.8. The molecule has 0 N–H and O–H groups in total. The number of rotatable bonds is 5. The fraction of sp³-hybridized carbons (Fsp3) is 0.100. The summed E-state index contributed by atoms with van der Waals surface area (Å²) in [5.41, 5.74) is -16.8. The number of benzene rings is 4. The third-order valence-electron chi connectivity index (χ3n) is 9.14. The van der Waals surface area contributed by atoms with E-state index in [1.807, 2.05) is 0 Å². The maximum absolute atomic E-state index is 14.5. The predicted octanol–water partition coefficient (Wildman–Crippen LogP) is 11.8. The van der Waals surface area contributed by atoms with Crippen molar-refractivity contribution in [2.45, 2.75) is 25.0 Å². The van der Waals surface area contributed by atoms with Gasteiger partial charge in [0.2, 0.25) is 11.9 Å². The van der Waals surface area contributed by atoms with E-state index in [1.54, 1.807) is 0 Å². The number of aliphatic imine (C=N–C) groups is 1. The lowest BCUT2D eigenvalue weighted by Gasteiger charge is -2.23. The van der Waals surface area contributed by atoms with Crippen LogP contribution in [0.2, 0.25) is 0 Å². The van der Waals surface area contributed by atoms with Gasteiger partial charge in [0.15, 0.2) is 0 Å². The van der Waals surface area contributed by atoms with Gasteiger partial charge in [0.05, 0.1) is 50.1 Å². The van der Waals surface area contributed by atoms with E-state index in [0.29, 0.717) is 42.5 Å². The summed E-state index contributed by atoms with van der Waals surface area (Å²) >= 11 is 0. The first kappa shape index (κ1) is 43.4. The molecule has 0 radical (unpaired) electrons. The highest BCUT2D eigenvalue weighted by molar-refractivity contribution is 6.29. The summed E-state index contributed by atoms with van der Waals surface area (Å²) in [6.07, 6.45) is -18.2. The Morgan fingerprint density at radius 3 is 1.11 bits per heavy atom. The van der Waals surface area contributed by atoms with Crippen LogP contribution >= 0.6 is 0 Å². The third kappa shape index (κ3) is 8.00. The lowest BCUT2D eigenvalue weighted by Crippen LogP contribution is -2.29. The van der Waals surface area contributed by atoms with Crippen LogP contribution in [0.15, 0.2) is 82.9 Å². The lowest BCUT2D eigenvalue weighted by atomic mass is 9.92. The zero-order chi connectivity index (χ0) is 45.9. The van der Waals surface area contributed by atoms with E-state index in [0.717, 1.165) is 12.1 Å². The Labute approximate surface area is 341 Å². The molecule has 0 atom stereocenters. The SMILES string of the molecule is [C-]#[N+]/N=C1/c2nc(-c3ccc(F)c(C(F)(F)F)c3)c(-c3ccc(F)c(C(F)F)c3)nc2/C(=N\C#N)c2nc(-c3ccc(F)c(C(F)(F)F)c3)c(-c3ccc(F)c(C(F)(F)F)c3)nc21. The predicted molar refractivity (Wildman–Crippen MR) is 189 cm³/mol. The van der Waals surface area contributed by atoms with Gasteiger partial charge in [0.25, 0.3) is 6.43 Å². The largest absolute Gasteiger partial charge is 0.419 e.